The van der Waals surface area contributed by atoms with Crippen molar-refractivity contribution in [2.24, 2.45) is 5.41 Å². The fourth-order valence-electron chi connectivity index (χ4n) is 5.30. The molecule has 2 N–H and O–H groups in total. The van der Waals surface area contributed by atoms with Crippen molar-refractivity contribution in [1.82, 2.24) is 10.2 Å². The maximum atomic E-state index is 14.7. The minimum Gasteiger partial charge on any atom is -0.480 e. The van der Waals surface area contributed by atoms with Crippen molar-refractivity contribution in [3.05, 3.63) is 59.2 Å². The van der Waals surface area contributed by atoms with Crippen LogP contribution in [0.4, 0.5) is 8.78 Å². The number of likely N-dealkylation sites (tertiary alicyclic amines) is 1. The molecule has 2 amide bonds. The molecule has 190 valence electrons. The van der Waals surface area contributed by atoms with E-state index in [4.69, 9.17) is 4.18 Å². The van der Waals surface area contributed by atoms with Crippen molar-refractivity contribution >= 4 is 27.9 Å². The highest BCUT2D eigenvalue weighted by Crippen LogP contribution is 2.59. The molecule has 1 saturated carbocycles. The number of halogens is 2. The minimum absolute atomic E-state index is 0.0423. The normalized spacial score (nSPS) is 25.0. The van der Waals surface area contributed by atoms with E-state index < -0.39 is 57.9 Å². The van der Waals surface area contributed by atoms with Gasteiger partial charge in [-0.2, -0.15) is 17.2 Å². The van der Waals surface area contributed by atoms with Gasteiger partial charge in [0, 0.05) is 28.1 Å². The highest BCUT2D eigenvalue weighted by atomic mass is 32.2. The Hall–Kier alpha value is -3.38. The van der Waals surface area contributed by atoms with E-state index in [-0.39, 0.29) is 35.3 Å². The van der Waals surface area contributed by atoms with Crippen LogP contribution in [-0.4, -0.2) is 67.7 Å². The summed E-state index contributed by atoms with van der Waals surface area (Å²) in [7, 11) is -3.74. The van der Waals surface area contributed by atoms with Crippen LogP contribution in [0.15, 0.2) is 42.5 Å². The minimum atomic E-state index is -3.74. The number of hydrogen-bond donors (Lipinski definition) is 2. The monoisotopic (exact) mass is 520 g/mol. The molecule has 3 aliphatic rings. The van der Waals surface area contributed by atoms with E-state index in [0.29, 0.717) is 12.0 Å². The molecule has 36 heavy (non-hydrogen) atoms. The maximum absolute atomic E-state index is 14.7. The zero-order valence-corrected chi connectivity index (χ0v) is 19.8. The average Bonchev–Trinajstić information content (AvgIpc) is 3.35. The van der Waals surface area contributed by atoms with Crippen molar-refractivity contribution < 1.29 is 40.9 Å². The number of alkyl halides is 2. The summed E-state index contributed by atoms with van der Waals surface area (Å²) in [6.07, 6.45) is 1.33. The molecule has 12 heteroatoms. The third kappa shape index (κ3) is 3.94. The number of carbonyl (C=O) groups is 3. The van der Waals surface area contributed by atoms with Gasteiger partial charge in [0.05, 0.1) is 19.4 Å². The number of amides is 2. The van der Waals surface area contributed by atoms with Gasteiger partial charge in [-0.25, -0.2) is 4.79 Å². The molecular formula is C24H22F2N2O7S. The standard InChI is InChI=1S/C24H22F2N2O7S/c1-36(33,34)35-12-23-9-18(22(31)32)28(19(23)10-23)20(29)11-27-21(30)13-6-7-17-15(8-13)14-4-2-3-5-16(14)24(17,25)26/h2-8,18-19H,9-12H2,1H3,(H,27,30)(H,31,32)/t18-,19-,23+/m0/s1. The van der Waals surface area contributed by atoms with Gasteiger partial charge in [-0.15, -0.1) is 0 Å². The molecular weight excluding hydrogens is 498 g/mol. The van der Waals surface area contributed by atoms with Gasteiger partial charge in [-0.1, -0.05) is 30.3 Å². The van der Waals surface area contributed by atoms with Gasteiger partial charge in [0.2, 0.25) is 5.91 Å². The van der Waals surface area contributed by atoms with E-state index in [0.717, 1.165) is 11.2 Å². The summed E-state index contributed by atoms with van der Waals surface area (Å²) >= 11 is 0. The number of aliphatic carboxylic acids is 1. The summed E-state index contributed by atoms with van der Waals surface area (Å²) in [5, 5.41) is 12.0. The molecule has 9 nitrogen and oxygen atoms in total. The number of piperidine rings is 1. The third-order valence-corrected chi connectivity index (χ3v) is 7.67. The molecule has 2 aromatic carbocycles. The van der Waals surface area contributed by atoms with E-state index in [9.17, 15) is 36.7 Å². The smallest absolute Gasteiger partial charge is 0.326 e. The quantitative estimate of drug-likeness (QED) is 0.534. The lowest BCUT2D eigenvalue weighted by Gasteiger charge is -2.24. The molecule has 2 aromatic rings. The zero-order chi connectivity index (χ0) is 26.0. The van der Waals surface area contributed by atoms with Crippen LogP contribution in [0.25, 0.3) is 11.1 Å². The Morgan fingerprint density at radius 3 is 2.50 bits per heavy atom. The van der Waals surface area contributed by atoms with Crippen molar-refractivity contribution in [2.75, 3.05) is 19.4 Å². The Kier molecular flexibility index (Phi) is 5.45. The Morgan fingerprint density at radius 2 is 1.81 bits per heavy atom. The molecule has 2 fully saturated rings. The molecule has 5 rings (SSSR count). The van der Waals surface area contributed by atoms with Crippen molar-refractivity contribution in [3.8, 4) is 11.1 Å². The predicted octanol–water partition coefficient (Wildman–Crippen LogP) is 1.96. The van der Waals surface area contributed by atoms with E-state index in [1.54, 1.807) is 12.1 Å². The third-order valence-electron chi connectivity index (χ3n) is 7.13. The van der Waals surface area contributed by atoms with Crippen LogP contribution in [0, 0.1) is 5.41 Å². The summed E-state index contributed by atoms with van der Waals surface area (Å²) in [5.74, 6) is -5.74. The van der Waals surface area contributed by atoms with Crippen molar-refractivity contribution in [1.29, 1.82) is 0 Å². The van der Waals surface area contributed by atoms with Crippen LogP contribution in [0.1, 0.15) is 34.3 Å². The number of carboxylic acids is 1. The second kappa shape index (κ2) is 8.07. The Morgan fingerprint density at radius 1 is 1.11 bits per heavy atom. The number of carboxylic acid groups (broad SMARTS) is 1. The number of nitrogens with one attached hydrogen (secondary N) is 1. The average molecular weight is 521 g/mol. The lowest BCUT2D eigenvalue weighted by molar-refractivity contribution is -0.149. The first kappa shape index (κ1) is 24.3. The molecule has 1 heterocycles. The Labute approximate surface area is 205 Å². The number of fused-ring (bicyclic) bond motifs is 4. The topological polar surface area (TPSA) is 130 Å². The molecule has 0 radical (unpaired) electrons. The van der Waals surface area contributed by atoms with Gasteiger partial charge in [0.15, 0.2) is 0 Å². The van der Waals surface area contributed by atoms with E-state index >= 15 is 0 Å². The van der Waals surface area contributed by atoms with Crippen LogP contribution in [0.2, 0.25) is 0 Å². The molecule has 0 bridgehead atoms. The largest absolute Gasteiger partial charge is 0.480 e. The van der Waals surface area contributed by atoms with Crippen LogP contribution in [-0.2, 0) is 29.8 Å². The lowest BCUT2D eigenvalue weighted by Crippen LogP contribution is -2.47. The summed E-state index contributed by atoms with van der Waals surface area (Å²) in [6.45, 7) is -0.733. The number of nitrogens with zero attached hydrogens (tertiary/aromatic N) is 1. The molecule has 1 aliphatic heterocycles. The lowest BCUT2D eigenvalue weighted by atomic mass is 10.0. The van der Waals surface area contributed by atoms with Crippen molar-refractivity contribution in [3.63, 3.8) is 0 Å². The summed E-state index contributed by atoms with van der Waals surface area (Å²) in [6, 6.07) is 8.14. The highest BCUT2D eigenvalue weighted by Gasteiger charge is 2.67. The van der Waals surface area contributed by atoms with Crippen LogP contribution < -0.4 is 5.32 Å². The zero-order valence-electron chi connectivity index (χ0n) is 19.0. The number of benzene rings is 2. The van der Waals surface area contributed by atoms with Gasteiger partial charge in [0.1, 0.15) is 6.04 Å². The van der Waals surface area contributed by atoms with Crippen LogP contribution in [0.3, 0.4) is 0 Å². The van der Waals surface area contributed by atoms with Gasteiger partial charge < -0.3 is 15.3 Å². The Bertz CT molecular complexity index is 1410. The van der Waals surface area contributed by atoms with Gasteiger partial charge >= 0.3 is 5.97 Å². The molecule has 0 spiro atoms. The van der Waals surface area contributed by atoms with Gasteiger partial charge in [-0.3, -0.25) is 13.8 Å². The van der Waals surface area contributed by atoms with Crippen LogP contribution in [0.5, 0.6) is 0 Å². The summed E-state index contributed by atoms with van der Waals surface area (Å²) in [5.41, 5.74) is -0.481. The van der Waals surface area contributed by atoms with Gasteiger partial charge in [-0.05, 0) is 36.1 Å². The first-order valence-corrected chi connectivity index (χ1v) is 12.9. The first-order valence-electron chi connectivity index (χ1n) is 11.1. The second-order valence-corrected chi connectivity index (χ2v) is 11.1. The molecule has 2 aliphatic carbocycles. The highest BCUT2D eigenvalue weighted by molar-refractivity contribution is 7.85. The van der Waals surface area contributed by atoms with Crippen molar-refractivity contribution in [2.45, 2.75) is 30.8 Å². The number of hydrogen-bond acceptors (Lipinski definition) is 6. The van der Waals surface area contributed by atoms with E-state index in [1.807, 2.05) is 0 Å². The molecule has 3 atom stereocenters. The summed E-state index contributed by atoms with van der Waals surface area (Å²) < 4.78 is 57.1. The van der Waals surface area contributed by atoms with E-state index in [1.165, 1.54) is 30.3 Å². The fourth-order valence-corrected chi connectivity index (χ4v) is 5.75. The number of carbonyl (C=O) groups excluding carboxylic acids is 2. The number of rotatable bonds is 7. The maximum Gasteiger partial charge on any atom is 0.326 e. The van der Waals surface area contributed by atoms with E-state index in [2.05, 4.69) is 5.32 Å². The predicted molar refractivity (Wildman–Crippen MR) is 122 cm³/mol. The molecule has 0 unspecified atom stereocenters. The first-order chi connectivity index (χ1) is 16.8. The van der Waals surface area contributed by atoms with Crippen LogP contribution >= 0.6 is 0 Å². The fraction of sp³-hybridized carbons (Fsp3) is 0.375. The molecule has 0 aromatic heterocycles. The van der Waals surface area contributed by atoms with Gasteiger partial charge in [0.25, 0.3) is 21.9 Å². The SMILES string of the molecule is CS(=O)(=O)OC[C@@]12C[C@@H]1N(C(=O)CNC(=O)c1ccc3c(c1)-c1ccccc1C3(F)F)[C@H](C(=O)O)C2. The second-order valence-electron chi connectivity index (χ2n) is 9.47. The molecule has 1 saturated heterocycles. The Balaban J connectivity index is 1.29. The summed E-state index contributed by atoms with van der Waals surface area (Å²) in [4.78, 5) is 38.6.